The first-order valence-electron chi connectivity index (χ1n) is 5.93. The summed E-state index contributed by atoms with van der Waals surface area (Å²) in [5.41, 5.74) is 4.25. The van der Waals surface area contributed by atoms with Gasteiger partial charge in [-0.3, -0.25) is 0 Å². The van der Waals surface area contributed by atoms with E-state index in [9.17, 15) is 0 Å². The van der Waals surface area contributed by atoms with E-state index in [1.54, 1.807) is 0 Å². The van der Waals surface area contributed by atoms with Crippen molar-refractivity contribution in [2.75, 3.05) is 13.6 Å². The molecule has 1 aromatic carbocycles. The molecule has 2 nitrogen and oxygen atoms in total. The molecule has 0 amide bonds. The van der Waals surface area contributed by atoms with Gasteiger partial charge in [0.2, 0.25) is 0 Å². The van der Waals surface area contributed by atoms with Gasteiger partial charge in [0.05, 0.1) is 0 Å². The van der Waals surface area contributed by atoms with Crippen LogP contribution in [0.15, 0.2) is 24.3 Å². The van der Waals surface area contributed by atoms with Gasteiger partial charge in [-0.15, -0.1) is 0 Å². The summed E-state index contributed by atoms with van der Waals surface area (Å²) in [6, 6.07) is 8.64. The Balaban J connectivity index is 2.37. The Kier molecular flexibility index (Phi) is 3.30. The average Bonchev–Trinajstić information content (AvgIpc) is 2.55. The molecule has 2 rings (SSSR count). The highest BCUT2D eigenvalue weighted by Crippen LogP contribution is 2.24. The average molecular weight is 216 g/mol. The predicted molar refractivity (Wildman–Crippen MR) is 69.9 cm³/mol. The molecule has 0 aliphatic carbocycles. The van der Waals surface area contributed by atoms with Gasteiger partial charge in [0.15, 0.2) is 0 Å². The first-order valence-corrected chi connectivity index (χ1v) is 5.93. The van der Waals surface area contributed by atoms with E-state index in [0.717, 1.165) is 13.0 Å². The van der Waals surface area contributed by atoms with E-state index >= 15 is 0 Å². The lowest BCUT2D eigenvalue weighted by Crippen LogP contribution is -2.09. The lowest BCUT2D eigenvalue weighted by atomic mass is 10.1. The maximum atomic E-state index is 3.20. The third-order valence-corrected chi connectivity index (χ3v) is 3.35. The number of hydrogen-bond donors (Lipinski definition) is 1. The number of rotatable bonds is 4. The zero-order chi connectivity index (χ0) is 11.5. The van der Waals surface area contributed by atoms with Crippen molar-refractivity contribution in [3.05, 3.63) is 35.5 Å². The maximum Gasteiger partial charge on any atom is 0.0482 e. The second-order valence-electron chi connectivity index (χ2n) is 4.35. The Hall–Kier alpha value is -1.28. The van der Waals surface area contributed by atoms with Gasteiger partial charge in [-0.2, -0.15) is 0 Å². The van der Waals surface area contributed by atoms with Crippen LogP contribution in [0.1, 0.15) is 17.7 Å². The minimum atomic E-state index is 1.08. The van der Waals surface area contributed by atoms with Crippen LogP contribution in [0.25, 0.3) is 10.9 Å². The van der Waals surface area contributed by atoms with E-state index in [1.807, 2.05) is 7.05 Å². The molecule has 0 bridgehead atoms. The normalized spacial score (nSPS) is 11.2. The number of nitrogens with zero attached hydrogens (tertiary/aromatic N) is 1. The highest BCUT2D eigenvalue weighted by molar-refractivity contribution is 5.85. The molecular formula is C14H20N2. The highest BCUT2D eigenvalue weighted by atomic mass is 14.9. The van der Waals surface area contributed by atoms with Crippen LogP contribution in [-0.4, -0.2) is 18.2 Å². The van der Waals surface area contributed by atoms with E-state index in [4.69, 9.17) is 0 Å². The smallest absolute Gasteiger partial charge is 0.0482 e. The standard InChI is InChI=1S/C14H20N2/c1-11-12-7-4-5-8-14(12)16(3)13(11)9-6-10-15-2/h4-5,7-8,15H,6,9-10H2,1-3H3. The molecule has 1 aromatic heterocycles. The molecule has 86 valence electrons. The van der Waals surface area contributed by atoms with Crippen molar-refractivity contribution in [2.24, 2.45) is 7.05 Å². The number of hydrogen-bond acceptors (Lipinski definition) is 1. The molecule has 0 saturated carbocycles. The van der Waals surface area contributed by atoms with Crippen molar-refractivity contribution >= 4 is 10.9 Å². The van der Waals surface area contributed by atoms with Gasteiger partial charge in [-0.25, -0.2) is 0 Å². The van der Waals surface area contributed by atoms with Crippen LogP contribution in [-0.2, 0) is 13.5 Å². The molecule has 1 N–H and O–H groups in total. The van der Waals surface area contributed by atoms with E-state index < -0.39 is 0 Å². The van der Waals surface area contributed by atoms with E-state index in [0.29, 0.717) is 0 Å². The van der Waals surface area contributed by atoms with Crippen LogP contribution in [0.4, 0.5) is 0 Å². The number of nitrogens with one attached hydrogen (secondary N) is 1. The number of aromatic nitrogens is 1. The van der Waals surface area contributed by atoms with Gasteiger partial charge < -0.3 is 9.88 Å². The van der Waals surface area contributed by atoms with Gasteiger partial charge in [-0.05, 0) is 45.0 Å². The molecule has 0 atom stereocenters. The number of benzene rings is 1. The number of aryl methyl sites for hydroxylation is 2. The van der Waals surface area contributed by atoms with Gasteiger partial charge in [0.25, 0.3) is 0 Å². The van der Waals surface area contributed by atoms with Crippen LogP contribution in [0.3, 0.4) is 0 Å². The summed E-state index contributed by atoms with van der Waals surface area (Å²) in [6.07, 6.45) is 2.35. The zero-order valence-electron chi connectivity index (χ0n) is 10.4. The van der Waals surface area contributed by atoms with Gasteiger partial charge in [0, 0.05) is 23.6 Å². The summed E-state index contributed by atoms with van der Waals surface area (Å²) in [7, 11) is 4.18. The fourth-order valence-corrected chi connectivity index (χ4v) is 2.42. The Morgan fingerprint density at radius 3 is 2.69 bits per heavy atom. The van der Waals surface area contributed by atoms with Crippen molar-refractivity contribution in [3.8, 4) is 0 Å². The fourth-order valence-electron chi connectivity index (χ4n) is 2.42. The van der Waals surface area contributed by atoms with Crippen molar-refractivity contribution in [1.82, 2.24) is 9.88 Å². The zero-order valence-corrected chi connectivity index (χ0v) is 10.4. The van der Waals surface area contributed by atoms with Gasteiger partial charge in [-0.1, -0.05) is 18.2 Å². The molecule has 0 aliphatic rings. The minimum Gasteiger partial charge on any atom is -0.347 e. The molecule has 1 heterocycles. The van der Waals surface area contributed by atoms with E-state index in [-0.39, 0.29) is 0 Å². The van der Waals surface area contributed by atoms with Crippen LogP contribution >= 0.6 is 0 Å². The Morgan fingerprint density at radius 1 is 1.25 bits per heavy atom. The maximum absolute atomic E-state index is 3.20. The molecule has 0 radical (unpaired) electrons. The van der Waals surface area contributed by atoms with Gasteiger partial charge in [0.1, 0.15) is 0 Å². The quantitative estimate of drug-likeness (QED) is 0.777. The lowest BCUT2D eigenvalue weighted by Gasteiger charge is -2.05. The molecule has 0 fully saturated rings. The molecule has 0 unspecified atom stereocenters. The number of para-hydroxylation sites is 1. The Morgan fingerprint density at radius 2 is 2.00 bits per heavy atom. The van der Waals surface area contributed by atoms with Crippen molar-refractivity contribution < 1.29 is 0 Å². The molecule has 0 saturated heterocycles. The third kappa shape index (κ3) is 1.85. The second kappa shape index (κ2) is 4.71. The molecule has 2 aromatic rings. The summed E-state index contributed by atoms with van der Waals surface area (Å²) >= 11 is 0. The summed E-state index contributed by atoms with van der Waals surface area (Å²) < 4.78 is 2.33. The first kappa shape index (κ1) is 11.2. The topological polar surface area (TPSA) is 17.0 Å². The second-order valence-corrected chi connectivity index (χ2v) is 4.35. The van der Waals surface area contributed by atoms with Gasteiger partial charge >= 0.3 is 0 Å². The number of fused-ring (bicyclic) bond motifs is 1. The summed E-state index contributed by atoms with van der Waals surface area (Å²) in [6.45, 7) is 3.32. The fraction of sp³-hybridized carbons (Fsp3) is 0.429. The third-order valence-electron chi connectivity index (χ3n) is 3.35. The molecular weight excluding hydrogens is 196 g/mol. The summed E-state index contributed by atoms with van der Waals surface area (Å²) in [4.78, 5) is 0. The van der Waals surface area contributed by atoms with Crippen LogP contribution in [0.5, 0.6) is 0 Å². The molecule has 16 heavy (non-hydrogen) atoms. The van der Waals surface area contributed by atoms with E-state index in [1.165, 1.54) is 28.6 Å². The Labute approximate surface area is 97.3 Å². The lowest BCUT2D eigenvalue weighted by molar-refractivity contribution is 0.696. The molecule has 0 spiro atoms. The summed E-state index contributed by atoms with van der Waals surface area (Å²) in [5, 5.41) is 4.59. The largest absolute Gasteiger partial charge is 0.347 e. The van der Waals surface area contributed by atoms with Crippen molar-refractivity contribution in [1.29, 1.82) is 0 Å². The van der Waals surface area contributed by atoms with Crippen LogP contribution in [0.2, 0.25) is 0 Å². The van der Waals surface area contributed by atoms with Crippen LogP contribution < -0.4 is 5.32 Å². The van der Waals surface area contributed by atoms with Crippen LogP contribution in [0, 0.1) is 6.92 Å². The van der Waals surface area contributed by atoms with Crippen molar-refractivity contribution in [2.45, 2.75) is 19.8 Å². The van der Waals surface area contributed by atoms with E-state index in [2.05, 4.69) is 48.1 Å². The minimum absolute atomic E-state index is 1.08. The Bertz CT molecular complexity index is 444. The molecule has 2 heteroatoms. The van der Waals surface area contributed by atoms with Crippen molar-refractivity contribution in [3.63, 3.8) is 0 Å². The monoisotopic (exact) mass is 216 g/mol. The highest BCUT2D eigenvalue weighted by Gasteiger charge is 2.09. The first-order chi connectivity index (χ1) is 7.75. The molecule has 0 aliphatic heterocycles. The predicted octanol–water partition coefficient (Wildman–Crippen LogP) is 2.64. The SMILES string of the molecule is CNCCCc1c(C)c2ccccc2n1C. The summed E-state index contributed by atoms with van der Waals surface area (Å²) in [5.74, 6) is 0.